The van der Waals surface area contributed by atoms with E-state index in [0.717, 1.165) is 40.7 Å². The lowest BCUT2D eigenvalue weighted by atomic mass is 10.2. The summed E-state index contributed by atoms with van der Waals surface area (Å²) < 4.78 is 2.15. The van der Waals surface area contributed by atoms with Crippen molar-refractivity contribution in [2.24, 2.45) is 0 Å². The van der Waals surface area contributed by atoms with Crippen LogP contribution in [0.1, 0.15) is 12.0 Å². The van der Waals surface area contributed by atoms with Gasteiger partial charge in [-0.05, 0) is 61.1 Å². The molecule has 0 aliphatic rings. The van der Waals surface area contributed by atoms with Crippen LogP contribution in [0.4, 0.5) is 5.69 Å². The Labute approximate surface area is 169 Å². The zero-order valence-corrected chi connectivity index (χ0v) is 17.7. The highest BCUT2D eigenvalue weighted by Crippen LogP contribution is 2.20. The molecule has 0 aliphatic carbocycles. The second kappa shape index (κ2) is 10.4. The smallest absolute Gasteiger partial charge is 0.170 e. The lowest BCUT2D eigenvalue weighted by Gasteiger charge is -2.12. The van der Waals surface area contributed by atoms with E-state index in [0.29, 0.717) is 10.1 Å². The second-order valence-corrected chi connectivity index (χ2v) is 7.82. The number of rotatable bonds is 7. The summed E-state index contributed by atoms with van der Waals surface area (Å²) in [7, 11) is 0. The van der Waals surface area contributed by atoms with Gasteiger partial charge < -0.3 is 16.0 Å². The van der Waals surface area contributed by atoms with E-state index in [2.05, 4.69) is 59.9 Å². The maximum absolute atomic E-state index is 6.08. The van der Waals surface area contributed by atoms with Crippen LogP contribution in [0.2, 0.25) is 5.02 Å². The van der Waals surface area contributed by atoms with Crippen molar-refractivity contribution < 1.29 is 0 Å². The molecule has 2 rings (SSSR count). The van der Waals surface area contributed by atoms with E-state index >= 15 is 0 Å². The average molecular weight is 492 g/mol. The molecule has 2 aromatic carbocycles. The molecule has 7 heteroatoms. The first-order valence-corrected chi connectivity index (χ1v) is 9.87. The van der Waals surface area contributed by atoms with Crippen LogP contribution in [-0.4, -0.2) is 18.2 Å². The fraction of sp³-hybridized carbons (Fsp3) is 0.235. The normalized spacial score (nSPS) is 10.5. The van der Waals surface area contributed by atoms with E-state index in [1.165, 1.54) is 5.56 Å². The van der Waals surface area contributed by atoms with Gasteiger partial charge >= 0.3 is 0 Å². The summed E-state index contributed by atoms with van der Waals surface area (Å²) in [5, 5.41) is 10.9. The highest BCUT2D eigenvalue weighted by Gasteiger charge is 2.01. The van der Waals surface area contributed by atoms with Crippen molar-refractivity contribution in [3.05, 3.63) is 62.0 Å². The number of benzene rings is 2. The topological polar surface area (TPSA) is 36.1 Å². The van der Waals surface area contributed by atoms with Crippen LogP contribution < -0.4 is 16.0 Å². The molecule has 0 aromatic heterocycles. The van der Waals surface area contributed by atoms with E-state index in [9.17, 15) is 0 Å². The largest absolute Gasteiger partial charge is 0.362 e. The minimum Gasteiger partial charge on any atom is -0.362 e. The molecule has 0 bridgehead atoms. The Hall–Kier alpha value is -0.660. The number of anilines is 1. The van der Waals surface area contributed by atoms with Gasteiger partial charge in [-0.2, -0.15) is 0 Å². The minimum absolute atomic E-state index is 0.582. The van der Waals surface area contributed by atoms with Crippen molar-refractivity contribution in [2.45, 2.75) is 13.0 Å². The number of para-hydroxylation sites is 1. The summed E-state index contributed by atoms with van der Waals surface area (Å²) in [5.41, 5.74) is 2.05. The van der Waals surface area contributed by atoms with Crippen LogP contribution >= 0.6 is 55.7 Å². The van der Waals surface area contributed by atoms with Gasteiger partial charge in [0.25, 0.3) is 0 Å². The van der Waals surface area contributed by atoms with Gasteiger partial charge in [0.05, 0.1) is 10.7 Å². The Bertz CT molecular complexity index is 677. The summed E-state index contributed by atoms with van der Waals surface area (Å²) >= 11 is 18.3. The molecule has 3 N–H and O–H groups in total. The Morgan fingerprint density at radius 1 is 1.04 bits per heavy atom. The third-order valence-corrected chi connectivity index (χ3v) is 4.68. The first kappa shape index (κ1) is 19.7. The van der Waals surface area contributed by atoms with E-state index in [1.807, 2.05) is 30.3 Å². The van der Waals surface area contributed by atoms with Crippen LogP contribution in [-0.2, 0) is 6.54 Å². The Morgan fingerprint density at radius 3 is 2.46 bits per heavy atom. The van der Waals surface area contributed by atoms with Gasteiger partial charge in [-0.1, -0.05) is 55.6 Å². The van der Waals surface area contributed by atoms with Crippen molar-refractivity contribution in [3.8, 4) is 0 Å². The maximum Gasteiger partial charge on any atom is 0.170 e. The summed E-state index contributed by atoms with van der Waals surface area (Å²) in [6.07, 6.45) is 0.972. The second-order valence-electron chi connectivity index (χ2n) is 5.17. The molecule has 24 heavy (non-hydrogen) atoms. The van der Waals surface area contributed by atoms with Gasteiger partial charge in [-0.15, -0.1) is 0 Å². The minimum atomic E-state index is 0.582. The molecule has 0 saturated carbocycles. The highest BCUT2D eigenvalue weighted by atomic mass is 79.9. The zero-order valence-electron chi connectivity index (χ0n) is 12.9. The first-order chi connectivity index (χ1) is 11.5. The molecule has 0 heterocycles. The standard InChI is InChI=1S/C17H18Br2ClN3S/c18-13-8-12(9-14(19)10-13)11-21-6-3-7-22-17(24)23-16-5-2-1-4-15(16)20/h1-2,4-5,8-10,21H,3,6-7,11H2,(H2,22,23,24). The van der Waals surface area contributed by atoms with Crippen molar-refractivity contribution in [1.29, 1.82) is 0 Å². The molecule has 3 nitrogen and oxygen atoms in total. The summed E-state index contributed by atoms with van der Waals surface area (Å²) in [4.78, 5) is 0. The number of thiocarbonyl (C=S) groups is 1. The summed E-state index contributed by atoms with van der Waals surface area (Å²) in [6, 6.07) is 13.8. The summed E-state index contributed by atoms with van der Waals surface area (Å²) in [5.74, 6) is 0. The first-order valence-electron chi connectivity index (χ1n) is 7.49. The quantitative estimate of drug-likeness (QED) is 0.361. The van der Waals surface area contributed by atoms with Gasteiger partial charge in [0.1, 0.15) is 0 Å². The fourth-order valence-corrected chi connectivity index (χ4v) is 3.87. The predicted molar refractivity (Wildman–Crippen MR) is 114 cm³/mol. The molecule has 0 radical (unpaired) electrons. The molecular weight excluding hydrogens is 474 g/mol. The van der Waals surface area contributed by atoms with Crippen molar-refractivity contribution in [1.82, 2.24) is 10.6 Å². The molecule has 0 saturated heterocycles. The molecule has 0 unspecified atom stereocenters. The number of hydrogen-bond acceptors (Lipinski definition) is 2. The predicted octanol–water partition coefficient (Wildman–Crippen LogP) is 5.33. The third kappa shape index (κ3) is 7.07. The molecule has 2 aromatic rings. The van der Waals surface area contributed by atoms with Crippen molar-refractivity contribution in [3.63, 3.8) is 0 Å². The molecule has 128 valence electrons. The number of nitrogens with one attached hydrogen (secondary N) is 3. The average Bonchev–Trinajstić information content (AvgIpc) is 2.52. The molecular formula is C17H18Br2ClN3S. The fourth-order valence-electron chi connectivity index (χ4n) is 2.09. The highest BCUT2D eigenvalue weighted by molar-refractivity contribution is 9.11. The SMILES string of the molecule is S=C(NCCCNCc1cc(Br)cc(Br)c1)Nc1ccccc1Cl. The van der Waals surface area contributed by atoms with Gasteiger partial charge in [0, 0.05) is 22.0 Å². The molecule has 0 aliphatic heterocycles. The van der Waals surface area contributed by atoms with Gasteiger partial charge in [-0.3, -0.25) is 0 Å². The molecule has 0 spiro atoms. The monoisotopic (exact) mass is 489 g/mol. The van der Waals surface area contributed by atoms with Crippen LogP contribution in [0.15, 0.2) is 51.4 Å². The van der Waals surface area contributed by atoms with Crippen LogP contribution in [0.25, 0.3) is 0 Å². The third-order valence-electron chi connectivity index (χ3n) is 3.19. The maximum atomic E-state index is 6.08. The Kier molecular flexibility index (Phi) is 8.49. The van der Waals surface area contributed by atoms with Crippen LogP contribution in [0, 0.1) is 0 Å². The van der Waals surface area contributed by atoms with Crippen molar-refractivity contribution >= 4 is 66.5 Å². The van der Waals surface area contributed by atoms with Crippen LogP contribution in [0.5, 0.6) is 0 Å². The molecule has 0 fully saturated rings. The Balaban J connectivity index is 1.61. The molecule has 0 atom stereocenters. The lowest BCUT2D eigenvalue weighted by molar-refractivity contribution is 0.641. The zero-order chi connectivity index (χ0) is 17.4. The van der Waals surface area contributed by atoms with E-state index in [4.69, 9.17) is 23.8 Å². The van der Waals surface area contributed by atoms with Crippen LogP contribution in [0.3, 0.4) is 0 Å². The van der Waals surface area contributed by atoms with E-state index in [-0.39, 0.29) is 0 Å². The van der Waals surface area contributed by atoms with Gasteiger partial charge in [0.15, 0.2) is 5.11 Å². The molecule has 0 amide bonds. The van der Waals surface area contributed by atoms with E-state index < -0.39 is 0 Å². The van der Waals surface area contributed by atoms with Gasteiger partial charge in [0.2, 0.25) is 0 Å². The van der Waals surface area contributed by atoms with Gasteiger partial charge in [-0.25, -0.2) is 0 Å². The summed E-state index contributed by atoms with van der Waals surface area (Å²) in [6.45, 7) is 2.54. The number of hydrogen-bond donors (Lipinski definition) is 3. The van der Waals surface area contributed by atoms with Crippen molar-refractivity contribution in [2.75, 3.05) is 18.4 Å². The number of halogens is 3. The Morgan fingerprint density at radius 2 is 1.75 bits per heavy atom. The lowest BCUT2D eigenvalue weighted by Crippen LogP contribution is -2.31. The van der Waals surface area contributed by atoms with E-state index in [1.54, 1.807) is 0 Å².